The van der Waals surface area contributed by atoms with Gasteiger partial charge in [0.05, 0.1) is 37.6 Å². The molecule has 3 saturated carbocycles. The van der Waals surface area contributed by atoms with Crippen molar-refractivity contribution in [1.29, 1.82) is 0 Å². The van der Waals surface area contributed by atoms with E-state index in [1.54, 1.807) is 0 Å². The number of halogens is 4. The van der Waals surface area contributed by atoms with E-state index in [0.717, 1.165) is 23.4 Å². The second-order valence-corrected chi connectivity index (χ2v) is 11.9. The third-order valence-electron chi connectivity index (χ3n) is 8.32. The molecule has 0 spiro atoms. The summed E-state index contributed by atoms with van der Waals surface area (Å²) in [5.74, 6) is 1.06. The van der Waals surface area contributed by atoms with Crippen LogP contribution in [0.15, 0.2) is 60.7 Å². The summed E-state index contributed by atoms with van der Waals surface area (Å²) >= 11 is 28.2. The van der Waals surface area contributed by atoms with Gasteiger partial charge in [-0.25, -0.2) is 4.68 Å². The summed E-state index contributed by atoms with van der Waals surface area (Å²) in [5.41, 5.74) is 5.91. The van der Waals surface area contributed by atoms with Crippen molar-refractivity contribution >= 4 is 46.4 Å². The average Bonchev–Trinajstić information content (AvgIpc) is 3.54. The Balaban J connectivity index is 1.48. The van der Waals surface area contributed by atoms with Gasteiger partial charge in [0, 0.05) is 17.0 Å². The summed E-state index contributed by atoms with van der Waals surface area (Å²) in [5, 5.41) is 4.52. The second-order valence-electron chi connectivity index (χ2n) is 9.59. The number of alkyl halides is 4. The smallest absolute Gasteiger partial charge is 0.0965 e. The average molecular weight is 490 g/mol. The van der Waals surface area contributed by atoms with Crippen molar-refractivity contribution in [3.05, 3.63) is 71.9 Å². The van der Waals surface area contributed by atoms with Gasteiger partial charge in [0.2, 0.25) is 0 Å². The molecule has 4 aliphatic carbocycles. The van der Waals surface area contributed by atoms with Crippen LogP contribution < -0.4 is 0 Å². The first-order chi connectivity index (χ1) is 14.9. The number of aromatic nitrogens is 2. The molecule has 0 radical (unpaired) electrons. The molecule has 1 heterocycles. The van der Waals surface area contributed by atoms with Gasteiger partial charge in [0.15, 0.2) is 0 Å². The summed E-state index contributed by atoms with van der Waals surface area (Å²) in [4.78, 5) is -1.11. The molecular formula is C25H20Cl4N2. The maximum atomic E-state index is 7.29. The molecule has 6 heteroatoms. The highest BCUT2D eigenvalue weighted by atomic mass is 35.5. The zero-order valence-corrected chi connectivity index (χ0v) is 19.6. The molecular weight excluding hydrogens is 470 g/mol. The minimum atomic E-state index is -0.559. The van der Waals surface area contributed by atoms with Crippen molar-refractivity contribution in [2.24, 2.45) is 11.8 Å². The SMILES string of the molecule is ClC1C(Cl)[C@]2(Cl)CC1(Cl)C1C2[C@@H]2C[C@H]1c1c2c(-c2ccccc2)nn1-c1ccccc1. The van der Waals surface area contributed by atoms with Crippen molar-refractivity contribution in [3.8, 4) is 16.9 Å². The van der Waals surface area contributed by atoms with Gasteiger partial charge in [0.1, 0.15) is 0 Å². The molecule has 0 N–H and O–H groups in total. The minimum Gasteiger partial charge on any atom is -0.237 e. The first-order valence-corrected chi connectivity index (χ1v) is 12.5. The van der Waals surface area contributed by atoms with Gasteiger partial charge in [-0.1, -0.05) is 48.5 Å². The Morgan fingerprint density at radius 2 is 1.39 bits per heavy atom. The highest BCUT2D eigenvalue weighted by molar-refractivity contribution is 6.43. The van der Waals surface area contributed by atoms with Crippen LogP contribution in [0.5, 0.6) is 0 Å². The van der Waals surface area contributed by atoms with E-state index in [4.69, 9.17) is 51.5 Å². The molecule has 2 nitrogen and oxygen atoms in total. The van der Waals surface area contributed by atoms with Gasteiger partial charge in [0.25, 0.3) is 0 Å². The summed E-state index contributed by atoms with van der Waals surface area (Å²) in [6.07, 6.45) is 1.73. The highest BCUT2D eigenvalue weighted by Crippen LogP contribution is 2.79. The van der Waals surface area contributed by atoms with Crippen LogP contribution in [0.1, 0.15) is 35.9 Å². The lowest BCUT2D eigenvalue weighted by molar-refractivity contribution is 0.248. The Morgan fingerprint density at radius 1 is 0.806 bits per heavy atom. The number of hydrogen-bond acceptors (Lipinski definition) is 1. The maximum absolute atomic E-state index is 7.29. The van der Waals surface area contributed by atoms with E-state index in [0.29, 0.717) is 18.3 Å². The summed E-state index contributed by atoms with van der Waals surface area (Å²) < 4.78 is 2.15. The van der Waals surface area contributed by atoms with Crippen LogP contribution in [0.25, 0.3) is 16.9 Å². The van der Waals surface area contributed by atoms with E-state index >= 15 is 0 Å². The molecule has 4 bridgehead atoms. The summed E-state index contributed by atoms with van der Waals surface area (Å²) in [7, 11) is 0. The third-order valence-corrected chi connectivity index (χ3v) is 11.2. The fourth-order valence-corrected chi connectivity index (χ4v) is 9.72. The number of fused-ring (bicyclic) bond motifs is 12. The van der Waals surface area contributed by atoms with Gasteiger partial charge < -0.3 is 0 Å². The molecule has 5 unspecified atom stereocenters. The zero-order chi connectivity index (χ0) is 21.1. The first kappa shape index (κ1) is 19.3. The van der Waals surface area contributed by atoms with Gasteiger partial charge in [-0.3, -0.25) is 0 Å². The normalized spacial score (nSPS) is 41.5. The van der Waals surface area contributed by atoms with Crippen molar-refractivity contribution in [2.45, 2.75) is 45.2 Å². The minimum absolute atomic E-state index is 0.226. The number of hydrogen-bond donors (Lipinski definition) is 0. The number of benzene rings is 2. The quantitative estimate of drug-likeness (QED) is 0.281. The molecule has 0 saturated heterocycles. The van der Waals surface area contributed by atoms with Crippen molar-refractivity contribution in [2.75, 3.05) is 0 Å². The van der Waals surface area contributed by atoms with Crippen LogP contribution in [0, 0.1) is 11.8 Å². The van der Waals surface area contributed by atoms with Gasteiger partial charge in [-0.05, 0) is 42.7 Å². The zero-order valence-electron chi connectivity index (χ0n) is 16.6. The highest BCUT2D eigenvalue weighted by Gasteiger charge is 2.79. The Bertz CT molecular complexity index is 1100. The summed E-state index contributed by atoms with van der Waals surface area (Å²) in [6, 6.07) is 20.8. The van der Waals surface area contributed by atoms with Crippen LogP contribution in [0.3, 0.4) is 0 Å². The van der Waals surface area contributed by atoms with E-state index in [9.17, 15) is 0 Å². The van der Waals surface area contributed by atoms with Crippen LogP contribution in [-0.2, 0) is 0 Å². The monoisotopic (exact) mass is 488 g/mol. The maximum Gasteiger partial charge on any atom is 0.0965 e. The summed E-state index contributed by atoms with van der Waals surface area (Å²) in [6.45, 7) is 0. The van der Waals surface area contributed by atoms with Crippen LogP contribution >= 0.6 is 46.4 Å². The van der Waals surface area contributed by atoms with E-state index in [1.165, 1.54) is 11.3 Å². The molecule has 31 heavy (non-hydrogen) atoms. The fourth-order valence-electron chi connectivity index (χ4n) is 7.35. The molecule has 4 aliphatic rings. The van der Waals surface area contributed by atoms with Crippen molar-refractivity contribution in [3.63, 3.8) is 0 Å². The van der Waals surface area contributed by atoms with E-state index in [1.807, 2.05) is 12.1 Å². The molecule has 0 aliphatic heterocycles. The lowest BCUT2D eigenvalue weighted by Crippen LogP contribution is -2.51. The molecule has 8 atom stereocenters. The van der Waals surface area contributed by atoms with E-state index in [-0.39, 0.29) is 22.6 Å². The van der Waals surface area contributed by atoms with Crippen molar-refractivity contribution < 1.29 is 0 Å². The van der Waals surface area contributed by atoms with E-state index < -0.39 is 9.75 Å². The van der Waals surface area contributed by atoms with Gasteiger partial charge in [-0.15, -0.1) is 46.4 Å². The molecule has 0 amide bonds. The Morgan fingerprint density at radius 3 is 2.03 bits per heavy atom. The predicted octanol–water partition coefficient (Wildman–Crippen LogP) is 6.94. The lowest BCUT2D eigenvalue weighted by Gasteiger charge is -2.45. The van der Waals surface area contributed by atoms with Crippen LogP contribution in [0.2, 0.25) is 0 Å². The Labute approximate surface area is 201 Å². The predicted molar refractivity (Wildman–Crippen MR) is 127 cm³/mol. The molecule has 2 aromatic carbocycles. The van der Waals surface area contributed by atoms with Crippen LogP contribution in [-0.4, -0.2) is 30.3 Å². The standard InChI is InChI=1S/C25H20Cl4N2/c26-22-23(27)25(29)12-24(22,28)18-15-11-16(19(18)25)21-17(15)20(13-7-3-1-4-8-13)30-31(21)14-9-5-2-6-10-14/h1-10,15-16,18-19,22-23H,11-12H2/t15-,16-,18?,19?,22?,23?,24+,25?/m1/s1. The second kappa shape index (κ2) is 6.23. The van der Waals surface area contributed by atoms with Gasteiger partial charge >= 0.3 is 0 Å². The Hall–Kier alpha value is -1.19. The molecule has 158 valence electrons. The van der Waals surface area contributed by atoms with E-state index in [2.05, 4.69) is 53.2 Å². The topological polar surface area (TPSA) is 17.8 Å². The van der Waals surface area contributed by atoms with Gasteiger partial charge in [-0.2, -0.15) is 5.10 Å². The number of rotatable bonds is 2. The van der Waals surface area contributed by atoms with Crippen LogP contribution in [0.4, 0.5) is 0 Å². The Kier molecular flexibility index (Phi) is 3.88. The number of nitrogens with zero attached hydrogens (tertiary/aromatic N) is 2. The largest absolute Gasteiger partial charge is 0.237 e. The molecule has 7 rings (SSSR count). The molecule has 3 aromatic rings. The van der Waals surface area contributed by atoms with Crippen molar-refractivity contribution in [1.82, 2.24) is 9.78 Å². The lowest BCUT2D eigenvalue weighted by atomic mass is 9.69. The number of para-hydroxylation sites is 1. The molecule has 1 aromatic heterocycles. The third kappa shape index (κ3) is 2.21. The fraction of sp³-hybridized carbons (Fsp3) is 0.400. The first-order valence-electron chi connectivity index (χ1n) is 10.8. The molecule has 3 fully saturated rings.